The Labute approximate surface area is 135 Å². The summed E-state index contributed by atoms with van der Waals surface area (Å²) in [5.41, 5.74) is 3.13. The van der Waals surface area contributed by atoms with Gasteiger partial charge in [-0.05, 0) is 40.9 Å². The molecule has 0 amide bonds. The fourth-order valence-electron chi connectivity index (χ4n) is 2.20. The molecule has 0 radical (unpaired) electrons. The van der Waals surface area contributed by atoms with Gasteiger partial charge >= 0.3 is 0 Å². The molecule has 2 nitrogen and oxygen atoms in total. The van der Waals surface area contributed by atoms with Crippen LogP contribution in [0.2, 0.25) is 10.0 Å². The Morgan fingerprint density at radius 2 is 2.00 bits per heavy atom. The van der Waals surface area contributed by atoms with E-state index in [0.717, 1.165) is 29.8 Å². The zero-order valence-electron chi connectivity index (χ0n) is 10.4. The van der Waals surface area contributed by atoms with E-state index in [9.17, 15) is 0 Å². The van der Waals surface area contributed by atoms with E-state index in [1.807, 2.05) is 6.07 Å². The summed E-state index contributed by atoms with van der Waals surface area (Å²) in [6.45, 7) is 0.827. The molecule has 0 bridgehead atoms. The first-order chi connectivity index (χ1) is 9.69. The highest BCUT2D eigenvalue weighted by Gasteiger charge is 2.12. The first-order valence-corrected chi connectivity index (χ1v) is 8.33. The van der Waals surface area contributed by atoms with Gasteiger partial charge < -0.3 is 4.57 Å². The number of aromatic nitrogens is 2. The predicted octanol–water partition coefficient (Wildman–Crippen LogP) is 5.39. The molecular formula is C14H11Cl3N2S. The van der Waals surface area contributed by atoms with Crippen molar-refractivity contribution in [2.45, 2.75) is 18.8 Å². The van der Waals surface area contributed by atoms with Crippen molar-refractivity contribution >= 4 is 57.2 Å². The van der Waals surface area contributed by atoms with Crippen molar-refractivity contribution in [1.29, 1.82) is 0 Å². The molecule has 3 rings (SSSR count). The van der Waals surface area contributed by atoms with E-state index < -0.39 is 0 Å². The van der Waals surface area contributed by atoms with Crippen LogP contribution in [0.3, 0.4) is 0 Å². The summed E-state index contributed by atoms with van der Waals surface area (Å²) in [7, 11) is 0. The van der Waals surface area contributed by atoms with Gasteiger partial charge in [-0.25, -0.2) is 4.98 Å². The second-order valence-electron chi connectivity index (χ2n) is 4.45. The highest BCUT2D eigenvalue weighted by molar-refractivity contribution is 7.07. The number of halogens is 3. The number of aryl methyl sites for hydroxylation is 2. The van der Waals surface area contributed by atoms with Crippen LogP contribution in [0.4, 0.5) is 0 Å². The summed E-state index contributed by atoms with van der Waals surface area (Å²) in [6.07, 6.45) is 0.944. The Morgan fingerprint density at radius 3 is 2.70 bits per heavy atom. The third-order valence-corrected chi connectivity index (χ3v) is 4.89. The topological polar surface area (TPSA) is 17.8 Å². The van der Waals surface area contributed by atoms with Gasteiger partial charge in [-0.3, -0.25) is 0 Å². The van der Waals surface area contributed by atoms with E-state index in [4.69, 9.17) is 34.8 Å². The standard InChI is InChI=1S/C14H11Cl3N2S/c15-7-14-18-12-5-10(16)11(17)6-13(12)19(14)3-1-9-2-4-20-8-9/h2,4-6,8H,1,3,7H2. The number of benzene rings is 1. The second-order valence-corrected chi connectivity index (χ2v) is 6.31. The third-order valence-electron chi connectivity index (χ3n) is 3.19. The van der Waals surface area contributed by atoms with Gasteiger partial charge in [0.15, 0.2) is 0 Å². The van der Waals surface area contributed by atoms with Gasteiger partial charge in [0.1, 0.15) is 5.82 Å². The number of hydrogen-bond acceptors (Lipinski definition) is 2. The molecule has 3 aromatic rings. The maximum absolute atomic E-state index is 6.11. The van der Waals surface area contributed by atoms with Gasteiger partial charge in [-0.2, -0.15) is 11.3 Å². The zero-order valence-corrected chi connectivity index (χ0v) is 13.5. The summed E-state index contributed by atoms with van der Waals surface area (Å²) >= 11 is 19.8. The van der Waals surface area contributed by atoms with Crippen molar-refractivity contribution in [3.63, 3.8) is 0 Å². The number of imidazole rings is 1. The quantitative estimate of drug-likeness (QED) is 0.580. The normalized spacial score (nSPS) is 11.3. The van der Waals surface area contributed by atoms with Crippen LogP contribution in [0, 0.1) is 0 Å². The van der Waals surface area contributed by atoms with E-state index in [-0.39, 0.29) is 0 Å². The Bertz CT molecular complexity index is 735. The average Bonchev–Trinajstić information content (AvgIpc) is 3.05. The molecule has 0 unspecified atom stereocenters. The number of thiophene rings is 1. The molecule has 6 heteroatoms. The van der Waals surface area contributed by atoms with Crippen LogP contribution in [0.1, 0.15) is 11.4 Å². The van der Waals surface area contributed by atoms with Crippen molar-refractivity contribution in [1.82, 2.24) is 9.55 Å². The largest absolute Gasteiger partial charge is 0.327 e. The molecule has 20 heavy (non-hydrogen) atoms. The summed E-state index contributed by atoms with van der Waals surface area (Å²) in [6, 6.07) is 5.78. The minimum Gasteiger partial charge on any atom is -0.327 e. The minimum atomic E-state index is 0.369. The van der Waals surface area contributed by atoms with Gasteiger partial charge in [-0.15, -0.1) is 11.6 Å². The molecule has 104 valence electrons. The monoisotopic (exact) mass is 344 g/mol. The van der Waals surface area contributed by atoms with Gasteiger partial charge in [0.2, 0.25) is 0 Å². The Morgan fingerprint density at radius 1 is 1.20 bits per heavy atom. The lowest BCUT2D eigenvalue weighted by atomic mass is 10.2. The molecule has 0 N–H and O–H groups in total. The van der Waals surface area contributed by atoms with Crippen molar-refractivity contribution in [2.24, 2.45) is 0 Å². The van der Waals surface area contributed by atoms with E-state index >= 15 is 0 Å². The molecule has 1 aromatic carbocycles. The second kappa shape index (κ2) is 5.94. The Hall–Kier alpha value is -0.740. The lowest BCUT2D eigenvalue weighted by molar-refractivity contribution is 0.689. The van der Waals surface area contributed by atoms with Crippen LogP contribution in [0.25, 0.3) is 11.0 Å². The number of hydrogen-bond donors (Lipinski definition) is 0. The lowest BCUT2D eigenvalue weighted by Gasteiger charge is -2.07. The summed E-state index contributed by atoms with van der Waals surface area (Å²) in [5, 5.41) is 5.30. The van der Waals surface area contributed by atoms with E-state index in [0.29, 0.717) is 15.9 Å². The summed E-state index contributed by atoms with van der Waals surface area (Å²) < 4.78 is 2.11. The van der Waals surface area contributed by atoms with Gasteiger partial charge in [0.05, 0.1) is 27.0 Å². The van der Waals surface area contributed by atoms with Crippen molar-refractivity contribution in [3.05, 3.63) is 50.4 Å². The minimum absolute atomic E-state index is 0.369. The molecule has 2 aromatic heterocycles. The van der Waals surface area contributed by atoms with Crippen LogP contribution < -0.4 is 0 Å². The van der Waals surface area contributed by atoms with Crippen LogP contribution in [0.5, 0.6) is 0 Å². The number of fused-ring (bicyclic) bond motifs is 1. The Kier molecular flexibility index (Phi) is 4.22. The smallest absolute Gasteiger partial charge is 0.124 e. The summed E-state index contributed by atoms with van der Waals surface area (Å²) in [5.74, 6) is 1.21. The fraction of sp³-hybridized carbons (Fsp3) is 0.214. The molecule has 2 heterocycles. The van der Waals surface area contributed by atoms with Gasteiger partial charge in [0, 0.05) is 6.54 Å². The SMILES string of the molecule is ClCc1nc2cc(Cl)c(Cl)cc2n1CCc1ccsc1. The third kappa shape index (κ3) is 2.68. The number of rotatable bonds is 4. The van der Waals surface area contributed by atoms with E-state index in [2.05, 4.69) is 26.4 Å². The highest BCUT2D eigenvalue weighted by Crippen LogP contribution is 2.29. The molecule has 0 spiro atoms. The van der Waals surface area contributed by atoms with Crippen molar-refractivity contribution < 1.29 is 0 Å². The van der Waals surface area contributed by atoms with E-state index in [1.165, 1.54) is 5.56 Å². The van der Waals surface area contributed by atoms with Crippen molar-refractivity contribution in [2.75, 3.05) is 0 Å². The first-order valence-electron chi connectivity index (χ1n) is 6.10. The molecule has 0 fully saturated rings. The van der Waals surface area contributed by atoms with Crippen LogP contribution in [-0.4, -0.2) is 9.55 Å². The average molecular weight is 346 g/mol. The van der Waals surface area contributed by atoms with Gasteiger partial charge in [-0.1, -0.05) is 23.2 Å². The maximum Gasteiger partial charge on any atom is 0.124 e. The predicted molar refractivity (Wildman–Crippen MR) is 87.3 cm³/mol. The first kappa shape index (κ1) is 14.2. The lowest BCUT2D eigenvalue weighted by Crippen LogP contribution is -2.04. The number of alkyl halides is 1. The van der Waals surface area contributed by atoms with Gasteiger partial charge in [0.25, 0.3) is 0 Å². The fourth-order valence-corrected chi connectivity index (χ4v) is 3.42. The van der Waals surface area contributed by atoms with Crippen molar-refractivity contribution in [3.8, 4) is 0 Å². The summed E-state index contributed by atoms with van der Waals surface area (Å²) in [4.78, 5) is 4.52. The van der Waals surface area contributed by atoms with E-state index in [1.54, 1.807) is 17.4 Å². The number of nitrogens with zero attached hydrogens (tertiary/aromatic N) is 2. The van der Waals surface area contributed by atoms with Crippen LogP contribution >= 0.6 is 46.1 Å². The van der Waals surface area contributed by atoms with Crippen LogP contribution in [-0.2, 0) is 18.8 Å². The molecule has 0 saturated heterocycles. The molecule has 0 atom stereocenters. The molecule has 0 saturated carbocycles. The molecule has 0 aliphatic heterocycles. The van der Waals surface area contributed by atoms with Crippen LogP contribution in [0.15, 0.2) is 29.0 Å². The zero-order chi connectivity index (χ0) is 14.1. The molecule has 0 aliphatic carbocycles. The maximum atomic E-state index is 6.11. The highest BCUT2D eigenvalue weighted by atomic mass is 35.5. The molecule has 0 aliphatic rings. The Balaban J connectivity index is 2.01. The molecular weight excluding hydrogens is 335 g/mol.